The molecule has 2 aliphatic heterocycles. The molecule has 72 valence electrons. The summed E-state index contributed by atoms with van der Waals surface area (Å²) in [5.41, 5.74) is 0.0122. The minimum Gasteiger partial charge on any atom is -0.358 e. The Hall–Kier alpha value is -0.120. The molecular weight excluding hydrogens is 152 g/mol. The van der Waals surface area contributed by atoms with E-state index in [1.165, 1.54) is 12.8 Å². The zero-order chi connectivity index (χ0) is 8.86. The van der Waals surface area contributed by atoms with Crippen LogP contribution in [-0.4, -0.2) is 32.0 Å². The Morgan fingerprint density at radius 1 is 1.25 bits per heavy atom. The van der Waals surface area contributed by atoms with Crippen molar-refractivity contribution in [1.29, 1.82) is 0 Å². The molecule has 12 heavy (non-hydrogen) atoms. The highest BCUT2D eigenvalue weighted by molar-refractivity contribution is 4.88. The molecule has 0 amide bonds. The third kappa shape index (κ3) is 2.19. The number of nitrogens with one attached hydrogen (secondary N) is 2. The SMILES string of the molecule is C1CNCC2(C1)NCCO2.CC. The first kappa shape index (κ1) is 9.96. The molecule has 0 aromatic rings. The lowest BCUT2D eigenvalue weighted by atomic mass is 10.0. The zero-order valence-electron chi connectivity index (χ0n) is 8.15. The van der Waals surface area contributed by atoms with Crippen molar-refractivity contribution >= 4 is 0 Å². The Morgan fingerprint density at radius 2 is 2.08 bits per heavy atom. The van der Waals surface area contributed by atoms with Gasteiger partial charge in [0.25, 0.3) is 0 Å². The molecule has 1 unspecified atom stereocenters. The molecule has 2 saturated heterocycles. The quantitative estimate of drug-likeness (QED) is 0.564. The fraction of sp³-hybridized carbons (Fsp3) is 1.00. The fourth-order valence-corrected chi connectivity index (χ4v) is 1.73. The highest BCUT2D eigenvalue weighted by Gasteiger charge is 2.35. The molecule has 0 bridgehead atoms. The topological polar surface area (TPSA) is 33.3 Å². The minimum atomic E-state index is 0.0122. The van der Waals surface area contributed by atoms with E-state index in [-0.39, 0.29) is 5.72 Å². The van der Waals surface area contributed by atoms with Crippen LogP contribution < -0.4 is 10.6 Å². The molecule has 1 atom stereocenters. The molecule has 1 spiro atoms. The van der Waals surface area contributed by atoms with E-state index >= 15 is 0 Å². The summed E-state index contributed by atoms with van der Waals surface area (Å²) in [5.74, 6) is 0. The molecule has 2 N–H and O–H groups in total. The van der Waals surface area contributed by atoms with Gasteiger partial charge in [0.15, 0.2) is 0 Å². The van der Waals surface area contributed by atoms with Crippen LogP contribution in [0.1, 0.15) is 26.7 Å². The average Bonchev–Trinajstić information content (AvgIpc) is 2.58. The summed E-state index contributed by atoms with van der Waals surface area (Å²) in [5, 5.41) is 6.72. The molecule has 0 radical (unpaired) electrons. The van der Waals surface area contributed by atoms with E-state index < -0.39 is 0 Å². The van der Waals surface area contributed by atoms with E-state index in [9.17, 15) is 0 Å². The molecule has 2 fully saturated rings. The Bertz CT molecular complexity index is 114. The van der Waals surface area contributed by atoms with Crippen LogP contribution in [0.3, 0.4) is 0 Å². The lowest BCUT2D eigenvalue weighted by Crippen LogP contribution is -2.53. The Labute approximate surface area is 74.9 Å². The smallest absolute Gasteiger partial charge is 0.131 e. The van der Waals surface area contributed by atoms with Gasteiger partial charge in [-0.1, -0.05) is 13.8 Å². The maximum atomic E-state index is 5.61. The van der Waals surface area contributed by atoms with Crippen LogP contribution in [0.2, 0.25) is 0 Å². The van der Waals surface area contributed by atoms with Crippen LogP contribution >= 0.6 is 0 Å². The minimum absolute atomic E-state index is 0.0122. The lowest BCUT2D eigenvalue weighted by Gasteiger charge is -2.32. The van der Waals surface area contributed by atoms with Crippen molar-refractivity contribution in [3.8, 4) is 0 Å². The third-order valence-corrected chi connectivity index (χ3v) is 2.27. The molecule has 2 rings (SSSR count). The van der Waals surface area contributed by atoms with Gasteiger partial charge in [-0.25, -0.2) is 0 Å². The van der Waals surface area contributed by atoms with Crippen LogP contribution in [0.5, 0.6) is 0 Å². The van der Waals surface area contributed by atoms with E-state index in [0.29, 0.717) is 0 Å². The van der Waals surface area contributed by atoms with Gasteiger partial charge in [-0.15, -0.1) is 0 Å². The van der Waals surface area contributed by atoms with Crippen molar-refractivity contribution in [2.24, 2.45) is 0 Å². The van der Waals surface area contributed by atoms with E-state index in [2.05, 4.69) is 10.6 Å². The summed E-state index contributed by atoms with van der Waals surface area (Å²) in [6.07, 6.45) is 2.40. The predicted molar refractivity (Wildman–Crippen MR) is 50.1 cm³/mol. The third-order valence-electron chi connectivity index (χ3n) is 2.27. The highest BCUT2D eigenvalue weighted by Crippen LogP contribution is 2.20. The van der Waals surface area contributed by atoms with E-state index in [1.54, 1.807) is 0 Å². The van der Waals surface area contributed by atoms with E-state index in [4.69, 9.17) is 4.74 Å². The highest BCUT2D eigenvalue weighted by atomic mass is 16.5. The van der Waals surface area contributed by atoms with Crippen molar-refractivity contribution in [3.05, 3.63) is 0 Å². The molecule has 2 heterocycles. The number of ether oxygens (including phenoxy) is 1. The molecule has 3 nitrogen and oxygen atoms in total. The van der Waals surface area contributed by atoms with Gasteiger partial charge < -0.3 is 10.1 Å². The zero-order valence-corrected chi connectivity index (χ0v) is 8.15. The number of hydrogen-bond acceptors (Lipinski definition) is 3. The maximum absolute atomic E-state index is 5.61. The molecule has 0 saturated carbocycles. The van der Waals surface area contributed by atoms with Crippen LogP contribution in [-0.2, 0) is 4.74 Å². The summed E-state index contributed by atoms with van der Waals surface area (Å²) in [6.45, 7) is 8.02. The lowest BCUT2D eigenvalue weighted by molar-refractivity contribution is -0.0275. The molecule has 2 aliphatic rings. The van der Waals surface area contributed by atoms with Gasteiger partial charge in [-0.3, -0.25) is 5.32 Å². The summed E-state index contributed by atoms with van der Waals surface area (Å²) >= 11 is 0. The Balaban J connectivity index is 0.000000336. The van der Waals surface area contributed by atoms with Crippen molar-refractivity contribution in [3.63, 3.8) is 0 Å². The van der Waals surface area contributed by atoms with Gasteiger partial charge in [0, 0.05) is 13.1 Å². The van der Waals surface area contributed by atoms with Crippen LogP contribution in [0.15, 0.2) is 0 Å². The van der Waals surface area contributed by atoms with Crippen molar-refractivity contribution in [2.45, 2.75) is 32.4 Å². The molecule has 0 aromatic carbocycles. The first-order chi connectivity index (χ1) is 5.91. The summed E-state index contributed by atoms with van der Waals surface area (Å²) in [7, 11) is 0. The van der Waals surface area contributed by atoms with Crippen LogP contribution in [0.4, 0.5) is 0 Å². The fourth-order valence-electron chi connectivity index (χ4n) is 1.73. The standard InChI is InChI=1S/C7H14N2O.C2H6/c1-2-7(6-8-3-1)9-4-5-10-7;1-2/h8-9H,1-6H2;1-2H3. The van der Waals surface area contributed by atoms with Gasteiger partial charge in [-0.05, 0) is 19.4 Å². The Kier molecular flexibility index (Phi) is 3.98. The van der Waals surface area contributed by atoms with Crippen LogP contribution in [0, 0.1) is 0 Å². The van der Waals surface area contributed by atoms with E-state index in [0.717, 1.165) is 26.2 Å². The van der Waals surface area contributed by atoms with Gasteiger partial charge in [0.2, 0.25) is 0 Å². The van der Waals surface area contributed by atoms with Crippen molar-refractivity contribution in [2.75, 3.05) is 26.2 Å². The second-order valence-electron chi connectivity index (χ2n) is 3.05. The van der Waals surface area contributed by atoms with Gasteiger partial charge in [-0.2, -0.15) is 0 Å². The summed E-state index contributed by atoms with van der Waals surface area (Å²) in [4.78, 5) is 0. The first-order valence-corrected chi connectivity index (χ1v) is 5.01. The molecule has 0 aromatic heterocycles. The summed E-state index contributed by atoms with van der Waals surface area (Å²) in [6, 6.07) is 0. The first-order valence-electron chi connectivity index (χ1n) is 5.01. The maximum Gasteiger partial charge on any atom is 0.131 e. The number of hydrogen-bond donors (Lipinski definition) is 2. The van der Waals surface area contributed by atoms with Crippen molar-refractivity contribution in [1.82, 2.24) is 10.6 Å². The second kappa shape index (κ2) is 4.80. The van der Waals surface area contributed by atoms with Crippen molar-refractivity contribution < 1.29 is 4.74 Å². The van der Waals surface area contributed by atoms with Gasteiger partial charge >= 0.3 is 0 Å². The monoisotopic (exact) mass is 172 g/mol. The molecule has 3 heteroatoms. The normalized spacial score (nSPS) is 34.5. The van der Waals surface area contributed by atoms with Gasteiger partial charge in [0.1, 0.15) is 5.72 Å². The van der Waals surface area contributed by atoms with E-state index in [1.807, 2.05) is 13.8 Å². The number of rotatable bonds is 0. The average molecular weight is 172 g/mol. The molecule has 0 aliphatic carbocycles. The number of piperidine rings is 1. The van der Waals surface area contributed by atoms with Crippen LogP contribution in [0.25, 0.3) is 0 Å². The Morgan fingerprint density at radius 3 is 2.58 bits per heavy atom. The molecular formula is C9H20N2O. The second-order valence-corrected chi connectivity index (χ2v) is 3.05. The largest absolute Gasteiger partial charge is 0.358 e. The van der Waals surface area contributed by atoms with Gasteiger partial charge in [0.05, 0.1) is 6.61 Å². The summed E-state index contributed by atoms with van der Waals surface area (Å²) < 4.78 is 5.61. The predicted octanol–water partition coefficient (Wildman–Crippen LogP) is 0.712.